The van der Waals surface area contributed by atoms with Crippen molar-refractivity contribution in [2.75, 3.05) is 7.05 Å². The van der Waals surface area contributed by atoms with Crippen LogP contribution < -0.4 is 5.14 Å². The highest BCUT2D eigenvalue weighted by molar-refractivity contribution is 7.89. The van der Waals surface area contributed by atoms with E-state index in [0.29, 0.717) is 5.56 Å². The molecule has 146 valence electrons. The number of halogens is 3. The van der Waals surface area contributed by atoms with Crippen LogP contribution in [-0.4, -0.2) is 26.3 Å². The van der Waals surface area contributed by atoms with Gasteiger partial charge in [-0.25, -0.2) is 13.6 Å². The van der Waals surface area contributed by atoms with Crippen LogP contribution in [0.2, 0.25) is 0 Å². The van der Waals surface area contributed by atoms with Gasteiger partial charge in [-0.15, -0.1) is 0 Å². The SMILES string of the molecule is CC(c1cccc(S(N)(=O)=O)c1)N(C)C(=O)Cc1cccc(C(F)(F)F)c1. The standard InChI is InChI=1S/C18H19F3N2O3S/c1-12(14-6-4-8-16(11-14)27(22,25)26)23(2)17(24)10-13-5-3-7-15(9-13)18(19,20)21/h3-9,11-12H,10H2,1-2H3,(H2,22,25,26). The Kier molecular flexibility index (Phi) is 5.96. The number of nitrogens with two attached hydrogens (primary N) is 1. The van der Waals surface area contributed by atoms with Gasteiger partial charge >= 0.3 is 6.18 Å². The molecule has 2 aromatic carbocycles. The summed E-state index contributed by atoms with van der Waals surface area (Å²) in [6.07, 6.45) is -4.69. The van der Waals surface area contributed by atoms with E-state index >= 15 is 0 Å². The minimum Gasteiger partial charge on any atom is -0.339 e. The molecule has 0 heterocycles. The molecule has 0 saturated carbocycles. The van der Waals surface area contributed by atoms with E-state index in [1.165, 1.54) is 42.3 Å². The number of primary sulfonamides is 1. The molecule has 2 aromatic rings. The lowest BCUT2D eigenvalue weighted by Gasteiger charge is -2.26. The van der Waals surface area contributed by atoms with Crippen LogP contribution in [-0.2, 0) is 27.4 Å². The molecule has 1 unspecified atom stereocenters. The summed E-state index contributed by atoms with van der Waals surface area (Å²) in [7, 11) is -2.38. The molecule has 1 atom stereocenters. The first-order valence-electron chi connectivity index (χ1n) is 7.94. The summed E-state index contributed by atoms with van der Waals surface area (Å²) in [5, 5.41) is 5.11. The molecule has 2 N–H and O–H groups in total. The summed E-state index contributed by atoms with van der Waals surface area (Å²) in [4.78, 5) is 13.7. The second-order valence-corrected chi connectivity index (χ2v) is 7.73. The summed E-state index contributed by atoms with van der Waals surface area (Å²) in [6.45, 7) is 1.69. The van der Waals surface area contributed by atoms with Gasteiger partial charge in [0, 0.05) is 7.05 Å². The monoisotopic (exact) mass is 400 g/mol. The number of alkyl halides is 3. The van der Waals surface area contributed by atoms with Gasteiger partial charge in [-0.2, -0.15) is 13.2 Å². The maximum Gasteiger partial charge on any atom is 0.416 e. The van der Waals surface area contributed by atoms with E-state index in [-0.39, 0.29) is 16.9 Å². The van der Waals surface area contributed by atoms with Gasteiger partial charge in [0.05, 0.1) is 22.9 Å². The van der Waals surface area contributed by atoms with Gasteiger partial charge in [0.2, 0.25) is 15.9 Å². The lowest BCUT2D eigenvalue weighted by Crippen LogP contribution is -2.31. The molecule has 27 heavy (non-hydrogen) atoms. The second-order valence-electron chi connectivity index (χ2n) is 6.17. The van der Waals surface area contributed by atoms with Crippen molar-refractivity contribution in [2.24, 2.45) is 5.14 Å². The number of benzene rings is 2. The third-order valence-corrected chi connectivity index (χ3v) is 5.16. The number of likely N-dealkylation sites (N-methyl/N-ethyl adjacent to an activating group) is 1. The molecule has 0 aliphatic heterocycles. The molecular formula is C18H19F3N2O3S. The molecule has 5 nitrogen and oxygen atoms in total. The number of sulfonamides is 1. The van der Waals surface area contributed by atoms with Crippen molar-refractivity contribution < 1.29 is 26.4 Å². The van der Waals surface area contributed by atoms with Crippen LogP contribution in [0.3, 0.4) is 0 Å². The third-order valence-electron chi connectivity index (χ3n) is 4.25. The van der Waals surface area contributed by atoms with E-state index in [1.54, 1.807) is 13.0 Å². The molecule has 0 spiro atoms. The first-order chi connectivity index (χ1) is 12.4. The van der Waals surface area contributed by atoms with Gasteiger partial charge < -0.3 is 4.90 Å². The van der Waals surface area contributed by atoms with Crippen LogP contribution in [0.4, 0.5) is 13.2 Å². The van der Waals surface area contributed by atoms with Crippen LogP contribution in [0.5, 0.6) is 0 Å². The number of amides is 1. The third kappa shape index (κ3) is 5.30. The Balaban J connectivity index is 2.18. The Morgan fingerprint density at radius 1 is 1.15 bits per heavy atom. The fourth-order valence-electron chi connectivity index (χ4n) is 2.55. The van der Waals surface area contributed by atoms with Crippen molar-refractivity contribution in [1.82, 2.24) is 4.90 Å². The van der Waals surface area contributed by atoms with E-state index in [4.69, 9.17) is 5.14 Å². The van der Waals surface area contributed by atoms with Crippen molar-refractivity contribution in [1.29, 1.82) is 0 Å². The molecule has 0 aliphatic rings. The van der Waals surface area contributed by atoms with Crippen molar-refractivity contribution in [2.45, 2.75) is 30.5 Å². The van der Waals surface area contributed by atoms with Gasteiger partial charge in [-0.3, -0.25) is 4.79 Å². The average molecular weight is 400 g/mol. The predicted molar refractivity (Wildman–Crippen MR) is 94.1 cm³/mol. The van der Waals surface area contributed by atoms with E-state index < -0.39 is 33.7 Å². The minimum absolute atomic E-state index is 0.0782. The topological polar surface area (TPSA) is 80.5 Å². The van der Waals surface area contributed by atoms with Crippen LogP contribution in [0, 0.1) is 0 Å². The van der Waals surface area contributed by atoms with Gasteiger partial charge in [0.15, 0.2) is 0 Å². The number of rotatable bonds is 5. The molecule has 9 heteroatoms. The van der Waals surface area contributed by atoms with Crippen molar-refractivity contribution in [3.63, 3.8) is 0 Å². The molecule has 0 aliphatic carbocycles. The smallest absolute Gasteiger partial charge is 0.339 e. The largest absolute Gasteiger partial charge is 0.416 e. The minimum atomic E-state index is -4.48. The van der Waals surface area contributed by atoms with E-state index in [9.17, 15) is 26.4 Å². The van der Waals surface area contributed by atoms with Crippen LogP contribution in [0.25, 0.3) is 0 Å². The highest BCUT2D eigenvalue weighted by Crippen LogP contribution is 2.30. The fraction of sp³-hybridized carbons (Fsp3) is 0.278. The highest BCUT2D eigenvalue weighted by atomic mass is 32.2. The number of hydrogen-bond acceptors (Lipinski definition) is 3. The molecular weight excluding hydrogens is 381 g/mol. The van der Waals surface area contributed by atoms with Crippen LogP contribution in [0.1, 0.15) is 29.7 Å². The zero-order valence-corrected chi connectivity index (χ0v) is 15.5. The van der Waals surface area contributed by atoms with Crippen molar-refractivity contribution in [3.8, 4) is 0 Å². The zero-order chi connectivity index (χ0) is 20.4. The first kappa shape index (κ1) is 20.9. The van der Waals surface area contributed by atoms with Crippen LogP contribution in [0.15, 0.2) is 53.4 Å². The second kappa shape index (κ2) is 7.69. The summed E-state index contributed by atoms with van der Waals surface area (Å²) >= 11 is 0. The number of hydrogen-bond donors (Lipinski definition) is 1. The van der Waals surface area contributed by atoms with Crippen LogP contribution >= 0.6 is 0 Å². The van der Waals surface area contributed by atoms with Gasteiger partial charge in [0.1, 0.15) is 0 Å². The van der Waals surface area contributed by atoms with E-state index in [1.807, 2.05) is 0 Å². The summed E-state index contributed by atoms with van der Waals surface area (Å²) in [5.74, 6) is -0.400. The first-order valence-corrected chi connectivity index (χ1v) is 9.49. The maximum absolute atomic E-state index is 12.8. The Bertz CT molecular complexity index is 943. The zero-order valence-electron chi connectivity index (χ0n) is 14.7. The van der Waals surface area contributed by atoms with E-state index in [0.717, 1.165) is 12.1 Å². The molecule has 0 saturated heterocycles. The van der Waals surface area contributed by atoms with E-state index in [2.05, 4.69) is 0 Å². The summed E-state index contributed by atoms with van der Waals surface area (Å²) in [5.41, 5.74) is -0.0297. The average Bonchev–Trinajstić information content (AvgIpc) is 2.59. The molecule has 1 amide bonds. The number of carbonyl (C=O) groups is 1. The Hall–Kier alpha value is -2.39. The summed E-state index contributed by atoms with van der Waals surface area (Å²) in [6, 6.07) is 9.97. The van der Waals surface area contributed by atoms with Crippen molar-refractivity contribution >= 4 is 15.9 Å². The predicted octanol–water partition coefficient (Wildman–Crippen LogP) is 3.11. The molecule has 2 rings (SSSR count). The van der Waals surface area contributed by atoms with Gasteiger partial charge in [-0.1, -0.05) is 30.3 Å². The Labute approximate surface area is 155 Å². The Morgan fingerprint density at radius 2 is 1.78 bits per heavy atom. The number of nitrogens with zero attached hydrogens (tertiary/aromatic N) is 1. The molecule has 0 radical (unpaired) electrons. The van der Waals surface area contributed by atoms with Gasteiger partial charge in [-0.05, 0) is 36.2 Å². The molecule has 0 fully saturated rings. The highest BCUT2D eigenvalue weighted by Gasteiger charge is 2.30. The van der Waals surface area contributed by atoms with Gasteiger partial charge in [0.25, 0.3) is 0 Å². The summed E-state index contributed by atoms with van der Waals surface area (Å²) < 4.78 is 61.3. The van der Waals surface area contributed by atoms with Crippen molar-refractivity contribution in [3.05, 3.63) is 65.2 Å². The normalized spacial score (nSPS) is 13.3. The lowest BCUT2D eigenvalue weighted by molar-refractivity contribution is -0.138. The Morgan fingerprint density at radius 3 is 2.37 bits per heavy atom. The maximum atomic E-state index is 12.8. The fourth-order valence-corrected chi connectivity index (χ4v) is 3.12. The lowest BCUT2D eigenvalue weighted by atomic mass is 10.0. The number of carbonyl (C=O) groups excluding carboxylic acids is 1. The quantitative estimate of drug-likeness (QED) is 0.837. The molecule has 0 bridgehead atoms. The molecule has 0 aromatic heterocycles.